The Hall–Kier alpha value is -2.56. The molecule has 0 N–H and O–H groups in total. The number of rotatable bonds is 4. The molecule has 1 aromatic heterocycles. The standard InChI is InChI=1S/C23H19ClN2OS/c1-15-11-13-17(14-12-15)26-22(27)19-8-4-6-10-21(19)25-23(26)28-16(2)18-7-3-5-9-20(18)24/h3-14,16H,1-2H3/t16-/m0/s1. The van der Waals surface area contributed by atoms with E-state index in [-0.39, 0.29) is 10.8 Å². The molecular weight excluding hydrogens is 388 g/mol. The van der Waals surface area contributed by atoms with Gasteiger partial charge in [-0.2, -0.15) is 0 Å². The first-order valence-electron chi connectivity index (χ1n) is 9.04. The van der Waals surface area contributed by atoms with Crippen LogP contribution in [0.5, 0.6) is 0 Å². The lowest BCUT2D eigenvalue weighted by molar-refractivity contribution is 0.815. The van der Waals surface area contributed by atoms with Gasteiger partial charge < -0.3 is 0 Å². The molecule has 0 aliphatic heterocycles. The molecule has 0 radical (unpaired) electrons. The second-order valence-corrected chi connectivity index (χ2v) is 8.38. The third-order valence-electron chi connectivity index (χ3n) is 4.66. The second kappa shape index (κ2) is 7.82. The van der Waals surface area contributed by atoms with E-state index in [1.54, 1.807) is 4.57 Å². The predicted molar refractivity (Wildman–Crippen MR) is 118 cm³/mol. The first-order valence-corrected chi connectivity index (χ1v) is 10.3. The van der Waals surface area contributed by atoms with Gasteiger partial charge in [0.2, 0.25) is 0 Å². The number of hydrogen-bond acceptors (Lipinski definition) is 3. The fraction of sp³-hybridized carbons (Fsp3) is 0.130. The van der Waals surface area contributed by atoms with Gasteiger partial charge in [0.05, 0.1) is 16.6 Å². The van der Waals surface area contributed by atoms with Crippen LogP contribution in [0.4, 0.5) is 0 Å². The van der Waals surface area contributed by atoms with Crippen molar-refractivity contribution in [1.82, 2.24) is 9.55 Å². The van der Waals surface area contributed by atoms with Crippen molar-refractivity contribution in [3.05, 3.63) is 99.3 Å². The van der Waals surface area contributed by atoms with Crippen molar-refractivity contribution in [2.24, 2.45) is 0 Å². The summed E-state index contributed by atoms with van der Waals surface area (Å²) in [5.74, 6) is 0. The Morgan fingerprint density at radius 2 is 1.64 bits per heavy atom. The number of hydrogen-bond donors (Lipinski definition) is 0. The Bertz CT molecular complexity index is 1200. The zero-order chi connectivity index (χ0) is 19.7. The number of nitrogens with zero attached hydrogens (tertiary/aromatic N) is 2. The normalized spacial score (nSPS) is 12.2. The van der Waals surface area contributed by atoms with Gasteiger partial charge in [-0.3, -0.25) is 9.36 Å². The van der Waals surface area contributed by atoms with Gasteiger partial charge in [0.1, 0.15) is 0 Å². The van der Waals surface area contributed by atoms with E-state index in [9.17, 15) is 4.79 Å². The average Bonchev–Trinajstić information content (AvgIpc) is 2.70. The van der Waals surface area contributed by atoms with Crippen LogP contribution in [-0.2, 0) is 0 Å². The summed E-state index contributed by atoms with van der Waals surface area (Å²) in [5, 5.41) is 2.02. The van der Waals surface area contributed by atoms with Crippen LogP contribution >= 0.6 is 23.4 Å². The molecule has 3 aromatic carbocycles. The molecule has 0 bridgehead atoms. The molecule has 0 saturated carbocycles. The molecule has 0 amide bonds. The first kappa shape index (κ1) is 18.8. The van der Waals surface area contributed by atoms with E-state index in [0.29, 0.717) is 21.1 Å². The molecule has 4 aromatic rings. The minimum absolute atomic E-state index is 0.0402. The van der Waals surface area contributed by atoms with Crippen LogP contribution in [0.3, 0.4) is 0 Å². The van der Waals surface area contributed by atoms with Crippen LogP contribution in [0.15, 0.2) is 82.7 Å². The maximum absolute atomic E-state index is 13.3. The van der Waals surface area contributed by atoms with Crippen molar-refractivity contribution < 1.29 is 0 Å². The lowest BCUT2D eigenvalue weighted by Crippen LogP contribution is -2.22. The molecule has 140 valence electrons. The van der Waals surface area contributed by atoms with Crippen molar-refractivity contribution in [2.45, 2.75) is 24.3 Å². The summed E-state index contributed by atoms with van der Waals surface area (Å²) >= 11 is 7.92. The molecule has 1 heterocycles. The Kier molecular flexibility index (Phi) is 5.25. The predicted octanol–water partition coefficient (Wildman–Crippen LogP) is 6.20. The lowest BCUT2D eigenvalue weighted by atomic mass is 10.2. The quantitative estimate of drug-likeness (QED) is 0.299. The molecular formula is C23H19ClN2OS. The van der Waals surface area contributed by atoms with E-state index in [2.05, 4.69) is 6.92 Å². The van der Waals surface area contributed by atoms with E-state index in [1.807, 2.05) is 79.7 Å². The number of fused-ring (bicyclic) bond motifs is 1. The van der Waals surface area contributed by atoms with Crippen molar-refractivity contribution in [2.75, 3.05) is 0 Å². The van der Waals surface area contributed by atoms with Gasteiger partial charge in [-0.05, 0) is 49.7 Å². The van der Waals surface area contributed by atoms with Gasteiger partial charge in [-0.25, -0.2) is 4.98 Å². The maximum Gasteiger partial charge on any atom is 0.266 e. The number of thioether (sulfide) groups is 1. The third-order valence-corrected chi connectivity index (χ3v) is 6.10. The molecule has 0 spiro atoms. The highest BCUT2D eigenvalue weighted by Crippen LogP contribution is 2.37. The highest BCUT2D eigenvalue weighted by atomic mass is 35.5. The van der Waals surface area contributed by atoms with Crippen LogP contribution in [-0.4, -0.2) is 9.55 Å². The summed E-state index contributed by atoms with van der Waals surface area (Å²) < 4.78 is 1.69. The monoisotopic (exact) mass is 406 g/mol. The zero-order valence-corrected chi connectivity index (χ0v) is 17.2. The summed E-state index contributed by atoms with van der Waals surface area (Å²) in [6.07, 6.45) is 0. The van der Waals surface area contributed by atoms with Crippen molar-refractivity contribution in [3.8, 4) is 5.69 Å². The highest BCUT2D eigenvalue weighted by molar-refractivity contribution is 7.99. The van der Waals surface area contributed by atoms with Crippen LogP contribution < -0.4 is 5.56 Å². The van der Waals surface area contributed by atoms with E-state index < -0.39 is 0 Å². The molecule has 1 atom stereocenters. The highest BCUT2D eigenvalue weighted by Gasteiger charge is 2.18. The molecule has 0 aliphatic carbocycles. The smallest absolute Gasteiger partial charge is 0.266 e. The van der Waals surface area contributed by atoms with Crippen LogP contribution in [0.25, 0.3) is 16.6 Å². The summed E-state index contributed by atoms with van der Waals surface area (Å²) in [5.41, 5.74) is 3.60. The average molecular weight is 407 g/mol. The Morgan fingerprint density at radius 1 is 0.964 bits per heavy atom. The maximum atomic E-state index is 13.3. The summed E-state index contributed by atoms with van der Waals surface area (Å²) in [7, 11) is 0. The van der Waals surface area contributed by atoms with Gasteiger partial charge in [-0.15, -0.1) is 0 Å². The topological polar surface area (TPSA) is 34.9 Å². The first-order chi connectivity index (χ1) is 13.5. The molecule has 28 heavy (non-hydrogen) atoms. The van der Waals surface area contributed by atoms with E-state index in [0.717, 1.165) is 16.8 Å². The fourth-order valence-corrected chi connectivity index (χ4v) is 4.60. The van der Waals surface area contributed by atoms with Crippen LogP contribution in [0.2, 0.25) is 5.02 Å². The van der Waals surface area contributed by atoms with Gasteiger partial charge in [0.15, 0.2) is 5.16 Å². The number of halogens is 1. The summed E-state index contributed by atoms with van der Waals surface area (Å²) in [4.78, 5) is 18.1. The minimum Gasteiger partial charge on any atom is -0.268 e. The van der Waals surface area contributed by atoms with Crippen molar-refractivity contribution >= 4 is 34.3 Å². The molecule has 3 nitrogen and oxygen atoms in total. The molecule has 0 unspecified atom stereocenters. The molecule has 0 aliphatic rings. The van der Waals surface area contributed by atoms with Gasteiger partial charge in [0.25, 0.3) is 5.56 Å². The molecule has 0 saturated heterocycles. The number of aromatic nitrogens is 2. The number of aryl methyl sites for hydroxylation is 1. The number of para-hydroxylation sites is 1. The van der Waals surface area contributed by atoms with Gasteiger partial charge >= 0.3 is 0 Å². The number of benzene rings is 3. The Labute approximate surface area is 173 Å². The summed E-state index contributed by atoms with van der Waals surface area (Å²) in [6.45, 7) is 4.10. The SMILES string of the molecule is Cc1ccc(-n2c(S[C@@H](C)c3ccccc3Cl)nc3ccccc3c2=O)cc1. The van der Waals surface area contributed by atoms with Crippen molar-refractivity contribution in [1.29, 1.82) is 0 Å². The lowest BCUT2D eigenvalue weighted by Gasteiger charge is -2.17. The van der Waals surface area contributed by atoms with Crippen LogP contribution in [0, 0.1) is 6.92 Å². The van der Waals surface area contributed by atoms with E-state index in [4.69, 9.17) is 16.6 Å². The fourth-order valence-electron chi connectivity index (χ4n) is 3.14. The van der Waals surface area contributed by atoms with Crippen LogP contribution in [0.1, 0.15) is 23.3 Å². The third kappa shape index (κ3) is 3.58. The van der Waals surface area contributed by atoms with E-state index >= 15 is 0 Å². The second-order valence-electron chi connectivity index (χ2n) is 6.67. The molecule has 4 rings (SSSR count). The largest absolute Gasteiger partial charge is 0.268 e. The minimum atomic E-state index is -0.0664. The van der Waals surface area contributed by atoms with Gasteiger partial charge in [-0.1, -0.05) is 71.4 Å². The van der Waals surface area contributed by atoms with Gasteiger partial charge in [0, 0.05) is 10.3 Å². The Morgan fingerprint density at radius 3 is 2.39 bits per heavy atom. The van der Waals surface area contributed by atoms with Crippen molar-refractivity contribution in [3.63, 3.8) is 0 Å². The zero-order valence-electron chi connectivity index (χ0n) is 15.6. The van der Waals surface area contributed by atoms with E-state index in [1.165, 1.54) is 11.8 Å². The molecule has 0 fully saturated rings. The Balaban J connectivity index is 1.89. The molecule has 5 heteroatoms. The summed E-state index contributed by atoms with van der Waals surface area (Å²) in [6, 6.07) is 23.2.